The van der Waals surface area contributed by atoms with E-state index in [1.807, 2.05) is 61.5 Å². The minimum absolute atomic E-state index is 0.106. The molecule has 0 spiro atoms. The summed E-state index contributed by atoms with van der Waals surface area (Å²) in [6, 6.07) is 18.7. The number of carbonyl (C=O) groups excluding carboxylic acids is 2. The molecule has 0 aliphatic rings. The van der Waals surface area contributed by atoms with Crippen molar-refractivity contribution in [1.82, 2.24) is 10.3 Å². The van der Waals surface area contributed by atoms with Crippen LogP contribution in [0, 0.1) is 0 Å². The van der Waals surface area contributed by atoms with Crippen molar-refractivity contribution in [3.63, 3.8) is 0 Å². The third-order valence-electron chi connectivity index (χ3n) is 3.91. The fourth-order valence-corrected chi connectivity index (χ4v) is 2.59. The van der Waals surface area contributed by atoms with Crippen LogP contribution in [0.4, 0.5) is 5.69 Å². The van der Waals surface area contributed by atoms with E-state index in [4.69, 9.17) is 0 Å². The van der Waals surface area contributed by atoms with Crippen LogP contribution in [0.25, 0.3) is 10.9 Å². The second-order valence-corrected chi connectivity index (χ2v) is 5.63. The molecule has 2 aromatic carbocycles. The molecule has 0 aliphatic carbocycles. The average molecular weight is 333 g/mol. The molecule has 126 valence electrons. The Morgan fingerprint density at radius 3 is 2.56 bits per heavy atom. The van der Waals surface area contributed by atoms with Gasteiger partial charge in [0.1, 0.15) is 5.69 Å². The smallest absolute Gasteiger partial charge is 0.270 e. The highest BCUT2D eigenvalue weighted by atomic mass is 16.2. The number of pyridine rings is 1. The molecule has 0 atom stereocenters. The average Bonchev–Trinajstić information content (AvgIpc) is 2.66. The highest BCUT2D eigenvalue weighted by Gasteiger charge is 2.11. The monoisotopic (exact) mass is 333 g/mol. The van der Waals surface area contributed by atoms with E-state index in [1.165, 1.54) is 0 Å². The van der Waals surface area contributed by atoms with Gasteiger partial charge in [0.2, 0.25) is 5.91 Å². The van der Waals surface area contributed by atoms with Gasteiger partial charge in [-0.25, -0.2) is 4.98 Å². The summed E-state index contributed by atoms with van der Waals surface area (Å²) in [5.74, 6) is -0.639. The van der Waals surface area contributed by atoms with Gasteiger partial charge in [-0.05, 0) is 30.2 Å². The Labute approximate surface area is 146 Å². The van der Waals surface area contributed by atoms with Crippen LogP contribution in [0.15, 0.2) is 60.7 Å². The van der Waals surface area contributed by atoms with Gasteiger partial charge in [0.15, 0.2) is 0 Å². The number of rotatable bonds is 5. The molecule has 1 aromatic heterocycles. The number of hydrogen-bond acceptors (Lipinski definition) is 3. The maximum Gasteiger partial charge on any atom is 0.270 e. The predicted molar refractivity (Wildman–Crippen MR) is 98.5 cm³/mol. The third kappa shape index (κ3) is 4.01. The lowest BCUT2D eigenvalue weighted by molar-refractivity contribution is -0.115. The molecule has 0 fully saturated rings. The van der Waals surface area contributed by atoms with Crippen LogP contribution < -0.4 is 10.6 Å². The van der Waals surface area contributed by atoms with Crippen molar-refractivity contribution in [2.75, 3.05) is 11.9 Å². The van der Waals surface area contributed by atoms with Crippen LogP contribution in [-0.2, 0) is 11.2 Å². The second-order valence-electron chi connectivity index (χ2n) is 5.63. The van der Waals surface area contributed by atoms with Crippen molar-refractivity contribution >= 4 is 28.4 Å². The predicted octanol–water partition coefficient (Wildman–Crippen LogP) is 3.17. The Bertz CT molecular complexity index is 921. The van der Waals surface area contributed by atoms with Crippen LogP contribution in [0.2, 0.25) is 0 Å². The topological polar surface area (TPSA) is 71.1 Å². The van der Waals surface area contributed by atoms with Crippen LogP contribution in [0.1, 0.15) is 23.0 Å². The summed E-state index contributed by atoms with van der Waals surface area (Å²) in [4.78, 5) is 28.6. The van der Waals surface area contributed by atoms with E-state index >= 15 is 0 Å². The second kappa shape index (κ2) is 7.57. The lowest BCUT2D eigenvalue weighted by Crippen LogP contribution is -2.33. The van der Waals surface area contributed by atoms with E-state index in [2.05, 4.69) is 15.6 Å². The lowest BCUT2D eigenvalue weighted by Gasteiger charge is -2.10. The van der Waals surface area contributed by atoms with Crippen LogP contribution >= 0.6 is 0 Å². The molecule has 0 saturated heterocycles. The summed E-state index contributed by atoms with van der Waals surface area (Å²) < 4.78 is 0. The number of aryl methyl sites for hydroxylation is 1. The highest BCUT2D eigenvalue weighted by Crippen LogP contribution is 2.15. The van der Waals surface area contributed by atoms with Crippen molar-refractivity contribution in [1.29, 1.82) is 0 Å². The third-order valence-corrected chi connectivity index (χ3v) is 3.91. The molecule has 1 heterocycles. The first-order chi connectivity index (χ1) is 12.2. The summed E-state index contributed by atoms with van der Waals surface area (Å²) in [6.07, 6.45) is 0.823. The van der Waals surface area contributed by atoms with Crippen molar-refractivity contribution in [2.45, 2.75) is 13.3 Å². The normalized spacial score (nSPS) is 10.4. The van der Waals surface area contributed by atoms with Crippen molar-refractivity contribution < 1.29 is 9.59 Å². The Kier molecular flexibility index (Phi) is 5.04. The zero-order chi connectivity index (χ0) is 17.6. The van der Waals surface area contributed by atoms with Gasteiger partial charge < -0.3 is 10.6 Å². The molecule has 3 rings (SSSR count). The quantitative estimate of drug-likeness (QED) is 0.753. The number of carbonyl (C=O) groups is 2. The zero-order valence-electron chi connectivity index (χ0n) is 14.0. The standard InChI is InChI=1S/C20H19N3O2/c1-2-14-7-3-5-9-16(14)23-19(24)13-21-20(25)18-12-11-15-8-4-6-10-17(15)22-18/h3-12H,2,13H2,1H3,(H,21,25)(H,23,24). The fourth-order valence-electron chi connectivity index (χ4n) is 2.59. The van der Waals surface area contributed by atoms with Gasteiger partial charge in [-0.15, -0.1) is 0 Å². The summed E-state index contributed by atoms with van der Waals surface area (Å²) in [5.41, 5.74) is 2.86. The minimum Gasteiger partial charge on any atom is -0.342 e. The number of aromatic nitrogens is 1. The summed E-state index contributed by atoms with van der Waals surface area (Å²) in [6.45, 7) is 1.92. The van der Waals surface area contributed by atoms with Crippen LogP contribution in [-0.4, -0.2) is 23.3 Å². The Morgan fingerprint density at radius 2 is 1.72 bits per heavy atom. The molecule has 0 unspecified atom stereocenters. The van der Waals surface area contributed by atoms with Gasteiger partial charge >= 0.3 is 0 Å². The minimum atomic E-state index is -0.371. The first-order valence-corrected chi connectivity index (χ1v) is 8.19. The van der Waals surface area contributed by atoms with Gasteiger partial charge in [0, 0.05) is 11.1 Å². The molecule has 2 amide bonds. The number of nitrogens with zero attached hydrogens (tertiary/aromatic N) is 1. The highest BCUT2D eigenvalue weighted by molar-refractivity contribution is 5.99. The van der Waals surface area contributed by atoms with Gasteiger partial charge in [-0.1, -0.05) is 49.4 Å². The Hall–Kier alpha value is -3.21. The van der Waals surface area contributed by atoms with Gasteiger partial charge in [-0.2, -0.15) is 0 Å². The molecule has 0 bridgehead atoms. The van der Waals surface area contributed by atoms with Gasteiger partial charge in [0.05, 0.1) is 12.1 Å². The molecular weight excluding hydrogens is 314 g/mol. The fraction of sp³-hybridized carbons (Fsp3) is 0.150. The molecule has 0 aliphatic heterocycles. The summed E-state index contributed by atoms with van der Waals surface area (Å²) >= 11 is 0. The first kappa shape index (κ1) is 16.6. The van der Waals surface area contributed by atoms with Gasteiger partial charge in [0.25, 0.3) is 5.91 Å². The Balaban J connectivity index is 1.62. The maximum atomic E-state index is 12.2. The molecule has 3 aromatic rings. The largest absolute Gasteiger partial charge is 0.342 e. The molecule has 0 saturated carbocycles. The van der Waals surface area contributed by atoms with Crippen LogP contribution in [0.3, 0.4) is 0 Å². The molecule has 25 heavy (non-hydrogen) atoms. The maximum absolute atomic E-state index is 12.2. The van der Waals surface area contributed by atoms with Gasteiger partial charge in [-0.3, -0.25) is 9.59 Å². The Morgan fingerprint density at radius 1 is 0.960 bits per heavy atom. The number of fused-ring (bicyclic) bond motifs is 1. The lowest BCUT2D eigenvalue weighted by atomic mass is 10.1. The van der Waals surface area contributed by atoms with E-state index in [-0.39, 0.29) is 18.4 Å². The van der Waals surface area contributed by atoms with E-state index in [0.717, 1.165) is 28.6 Å². The van der Waals surface area contributed by atoms with E-state index in [1.54, 1.807) is 6.07 Å². The van der Waals surface area contributed by atoms with E-state index in [9.17, 15) is 9.59 Å². The number of para-hydroxylation sites is 2. The number of nitrogens with one attached hydrogen (secondary N) is 2. The molecule has 5 heteroatoms. The molecule has 0 radical (unpaired) electrons. The van der Waals surface area contributed by atoms with E-state index in [0.29, 0.717) is 5.69 Å². The first-order valence-electron chi connectivity index (χ1n) is 8.19. The molecule has 5 nitrogen and oxygen atoms in total. The van der Waals surface area contributed by atoms with Crippen LogP contribution in [0.5, 0.6) is 0 Å². The molecular formula is C20H19N3O2. The summed E-state index contributed by atoms with van der Waals surface area (Å²) in [5, 5.41) is 6.40. The number of hydrogen-bond donors (Lipinski definition) is 2. The SMILES string of the molecule is CCc1ccccc1NC(=O)CNC(=O)c1ccc2ccccc2n1. The zero-order valence-corrected chi connectivity index (χ0v) is 14.0. The van der Waals surface area contributed by atoms with Crippen molar-refractivity contribution in [2.24, 2.45) is 0 Å². The number of amides is 2. The summed E-state index contributed by atoms with van der Waals surface area (Å²) in [7, 11) is 0. The van der Waals surface area contributed by atoms with Crippen molar-refractivity contribution in [3.05, 3.63) is 71.9 Å². The molecule has 2 N–H and O–H groups in total. The number of anilines is 1. The van der Waals surface area contributed by atoms with Crippen molar-refractivity contribution in [3.8, 4) is 0 Å². The number of benzene rings is 2. The van der Waals surface area contributed by atoms with E-state index < -0.39 is 0 Å².